The molecule has 1 aromatic carbocycles. The van der Waals surface area contributed by atoms with Crippen molar-refractivity contribution < 1.29 is 0 Å². The largest absolute Gasteiger partial charge is 0.0622 e. The van der Waals surface area contributed by atoms with Crippen molar-refractivity contribution in [3.8, 4) is 0 Å². The van der Waals surface area contributed by atoms with Crippen LogP contribution in [-0.4, -0.2) is 8.41 Å². The van der Waals surface area contributed by atoms with Crippen molar-refractivity contribution in [2.75, 3.05) is 0 Å². The summed E-state index contributed by atoms with van der Waals surface area (Å²) in [5.74, 6) is 0. The minimum Gasteiger partial charge on any atom is -0.0622 e. The summed E-state index contributed by atoms with van der Waals surface area (Å²) >= 11 is 2.38. The molecule has 0 bridgehead atoms. The molecule has 1 aromatic rings. The molecule has 0 N–H and O–H groups in total. The molecule has 0 fully saturated rings. The van der Waals surface area contributed by atoms with Gasteiger partial charge in [-0.2, -0.15) is 0 Å². The monoisotopic (exact) mass is 247 g/mol. The number of benzene rings is 1. The van der Waals surface area contributed by atoms with Gasteiger partial charge in [0.25, 0.3) is 0 Å². The normalized spacial score (nSPS) is 9.44. The van der Waals surface area contributed by atoms with Crippen LogP contribution in [0.25, 0.3) is 0 Å². The number of rotatable bonds is 1. The molecular weight excluding hydrogens is 241 g/mol. The third kappa shape index (κ3) is 3.22. The molecule has 3 heteroatoms. The molecule has 0 saturated carbocycles. The Hall–Kier alpha value is 0.445. The second-order valence-electron chi connectivity index (χ2n) is 1.46. The summed E-state index contributed by atoms with van der Waals surface area (Å²) in [4.78, 5) is 0. The number of hydrogen-bond acceptors (Lipinski definition) is 0. The summed E-state index contributed by atoms with van der Waals surface area (Å²) in [6.07, 6.45) is 0.900. The number of hydrogen-bond donors (Lipinski definition) is 0. The van der Waals surface area contributed by atoms with Crippen LogP contribution in [0.2, 0.25) is 0 Å². The zero-order chi connectivity index (χ0) is 5.82. The highest BCUT2D eigenvalue weighted by atomic mass is 127. The van der Waals surface area contributed by atoms with Crippen LogP contribution in [0.4, 0.5) is 0 Å². The van der Waals surface area contributed by atoms with E-state index in [0.717, 1.165) is 6.22 Å². The molecule has 0 saturated heterocycles. The lowest BCUT2D eigenvalue weighted by molar-refractivity contribution is 1.78. The SMILES string of the molecule is IPc1ccccc1.[B]. The first-order chi connectivity index (χ1) is 3.93. The Labute approximate surface area is 72.3 Å². The maximum absolute atomic E-state index is 2.38. The van der Waals surface area contributed by atoms with Gasteiger partial charge in [0.15, 0.2) is 0 Å². The predicted molar refractivity (Wildman–Crippen MR) is 54.2 cm³/mol. The molecule has 0 aliphatic carbocycles. The van der Waals surface area contributed by atoms with Crippen molar-refractivity contribution in [3.05, 3.63) is 30.3 Å². The highest BCUT2D eigenvalue weighted by Gasteiger charge is 1.81. The average Bonchev–Trinajstić information content (AvgIpc) is 1.90. The van der Waals surface area contributed by atoms with E-state index in [9.17, 15) is 0 Å². The maximum Gasteiger partial charge on any atom is 0 e. The summed E-state index contributed by atoms with van der Waals surface area (Å²) in [7, 11) is 0. The van der Waals surface area contributed by atoms with E-state index in [1.54, 1.807) is 0 Å². The van der Waals surface area contributed by atoms with E-state index >= 15 is 0 Å². The standard InChI is InChI=1S/C6H6IP.B/c7-8-6-4-2-1-3-5-6;/h1-5,8H;. The zero-order valence-electron chi connectivity index (χ0n) is 4.84. The van der Waals surface area contributed by atoms with Crippen LogP contribution in [0.15, 0.2) is 30.3 Å². The van der Waals surface area contributed by atoms with E-state index in [2.05, 4.69) is 46.3 Å². The summed E-state index contributed by atoms with van der Waals surface area (Å²) in [5, 5.41) is 1.42. The molecule has 45 valence electrons. The summed E-state index contributed by atoms with van der Waals surface area (Å²) in [6.45, 7) is 0. The van der Waals surface area contributed by atoms with Crippen molar-refractivity contribution in [2.45, 2.75) is 0 Å². The molecule has 3 radical (unpaired) electrons. The van der Waals surface area contributed by atoms with Gasteiger partial charge in [0.1, 0.15) is 0 Å². The van der Waals surface area contributed by atoms with Gasteiger partial charge in [-0.25, -0.2) is 0 Å². The fourth-order valence-corrected chi connectivity index (χ4v) is 1.90. The van der Waals surface area contributed by atoms with Gasteiger partial charge in [0.05, 0.1) is 0 Å². The molecule has 1 rings (SSSR count). The Balaban J connectivity index is 0.000000640. The van der Waals surface area contributed by atoms with Gasteiger partial charge >= 0.3 is 0 Å². The first kappa shape index (κ1) is 9.44. The maximum atomic E-state index is 2.38. The van der Waals surface area contributed by atoms with Gasteiger partial charge in [0, 0.05) is 8.41 Å². The van der Waals surface area contributed by atoms with Gasteiger partial charge in [-0.15, -0.1) is 0 Å². The third-order valence-corrected chi connectivity index (χ3v) is 3.30. The van der Waals surface area contributed by atoms with Gasteiger partial charge in [-0.05, 0) is 11.5 Å². The quantitative estimate of drug-likeness (QED) is 0.404. The first-order valence-corrected chi connectivity index (χ1v) is 6.46. The van der Waals surface area contributed by atoms with E-state index < -0.39 is 0 Å². The molecular formula is C6H6BIP. The van der Waals surface area contributed by atoms with Crippen molar-refractivity contribution >= 4 is 42.0 Å². The lowest BCUT2D eigenvalue weighted by atomic mass is 10.4. The predicted octanol–water partition coefficient (Wildman–Crippen LogP) is 1.96. The van der Waals surface area contributed by atoms with Crippen molar-refractivity contribution in [2.24, 2.45) is 0 Å². The summed E-state index contributed by atoms with van der Waals surface area (Å²) < 4.78 is 0. The average molecular weight is 247 g/mol. The molecule has 1 atom stereocenters. The lowest BCUT2D eigenvalue weighted by Crippen LogP contribution is -1.85. The molecule has 1 unspecified atom stereocenters. The van der Waals surface area contributed by atoms with Crippen molar-refractivity contribution in [3.63, 3.8) is 0 Å². The van der Waals surface area contributed by atoms with Crippen molar-refractivity contribution in [1.82, 2.24) is 0 Å². The van der Waals surface area contributed by atoms with E-state index in [0.29, 0.717) is 0 Å². The van der Waals surface area contributed by atoms with Crippen LogP contribution >= 0.6 is 28.3 Å². The minimum atomic E-state index is 0. The van der Waals surface area contributed by atoms with E-state index in [4.69, 9.17) is 0 Å². The van der Waals surface area contributed by atoms with Crippen LogP contribution in [0.1, 0.15) is 0 Å². The fraction of sp³-hybridized carbons (Fsp3) is 0. The second kappa shape index (κ2) is 5.25. The Morgan fingerprint density at radius 1 is 1.11 bits per heavy atom. The first-order valence-electron chi connectivity index (χ1n) is 2.35. The summed E-state index contributed by atoms with van der Waals surface area (Å²) in [5.41, 5.74) is 0. The van der Waals surface area contributed by atoms with E-state index in [-0.39, 0.29) is 8.41 Å². The topological polar surface area (TPSA) is 0 Å². The van der Waals surface area contributed by atoms with Crippen LogP contribution < -0.4 is 5.30 Å². The highest BCUT2D eigenvalue weighted by molar-refractivity contribution is 14.2. The van der Waals surface area contributed by atoms with Crippen molar-refractivity contribution in [1.29, 1.82) is 0 Å². The van der Waals surface area contributed by atoms with Gasteiger partial charge in [-0.1, -0.05) is 52.4 Å². The minimum absolute atomic E-state index is 0. The molecule has 0 spiro atoms. The molecule has 0 amide bonds. The molecule has 0 aromatic heterocycles. The van der Waals surface area contributed by atoms with Crippen LogP contribution in [0.5, 0.6) is 0 Å². The van der Waals surface area contributed by atoms with E-state index in [1.807, 2.05) is 6.07 Å². The smallest absolute Gasteiger partial charge is 0 e. The molecule has 0 aliphatic rings. The lowest BCUT2D eigenvalue weighted by Gasteiger charge is -1.88. The van der Waals surface area contributed by atoms with Gasteiger partial charge < -0.3 is 0 Å². The number of halogens is 1. The van der Waals surface area contributed by atoms with Crippen LogP contribution in [0.3, 0.4) is 0 Å². The highest BCUT2D eigenvalue weighted by Crippen LogP contribution is 2.18. The van der Waals surface area contributed by atoms with Gasteiger partial charge in [0.2, 0.25) is 0 Å². The Morgan fingerprint density at radius 2 is 1.67 bits per heavy atom. The molecule has 0 nitrogen and oxygen atoms in total. The summed E-state index contributed by atoms with van der Waals surface area (Å²) in [6, 6.07) is 10.5. The second-order valence-corrected chi connectivity index (χ2v) is 3.84. The molecule has 0 aliphatic heterocycles. The zero-order valence-corrected chi connectivity index (χ0v) is 8.00. The third-order valence-electron chi connectivity index (χ3n) is 0.883. The van der Waals surface area contributed by atoms with Crippen LogP contribution in [-0.2, 0) is 0 Å². The molecule has 0 heterocycles. The molecule has 9 heavy (non-hydrogen) atoms. The fourth-order valence-electron chi connectivity index (χ4n) is 0.501. The Morgan fingerprint density at radius 3 is 2.00 bits per heavy atom. The van der Waals surface area contributed by atoms with Crippen LogP contribution in [0, 0.1) is 0 Å². The Kier molecular flexibility index (Phi) is 5.51. The van der Waals surface area contributed by atoms with Gasteiger partial charge in [-0.3, -0.25) is 0 Å². The van der Waals surface area contributed by atoms with E-state index in [1.165, 1.54) is 5.30 Å². The Bertz CT molecular complexity index is 154.